The standard InChI is InChI=1S/C11H12FNO/c1-3-9-5-4-8(6-10(9)12)7-11(14)13-2/h3-6H,1,7H2,2H3,(H,13,14). The van der Waals surface area contributed by atoms with Gasteiger partial charge in [-0.25, -0.2) is 4.39 Å². The maximum absolute atomic E-state index is 13.2. The van der Waals surface area contributed by atoms with Gasteiger partial charge in [-0.05, 0) is 11.6 Å². The van der Waals surface area contributed by atoms with Gasteiger partial charge in [0.2, 0.25) is 5.91 Å². The molecule has 0 aliphatic rings. The highest BCUT2D eigenvalue weighted by molar-refractivity contribution is 5.78. The van der Waals surface area contributed by atoms with Gasteiger partial charge in [0, 0.05) is 12.6 Å². The highest BCUT2D eigenvalue weighted by Gasteiger charge is 2.04. The lowest BCUT2D eigenvalue weighted by molar-refractivity contribution is -0.119. The Hall–Kier alpha value is -1.64. The third-order valence-corrected chi connectivity index (χ3v) is 1.93. The van der Waals surface area contributed by atoms with Gasteiger partial charge in [0.25, 0.3) is 0 Å². The third kappa shape index (κ3) is 2.42. The highest BCUT2D eigenvalue weighted by atomic mass is 19.1. The summed E-state index contributed by atoms with van der Waals surface area (Å²) in [5.74, 6) is -0.475. The Morgan fingerprint density at radius 3 is 2.86 bits per heavy atom. The largest absolute Gasteiger partial charge is 0.359 e. The molecule has 0 fully saturated rings. The van der Waals surface area contributed by atoms with Crippen molar-refractivity contribution < 1.29 is 9.18 Å². The van der Waals surface area contributed by atoms with Crippen molar-refractivity contribution in [3.63, 3.8) is 0 Å². The molecule has 1 amide bonds. The minimum atomic E-state index is -0.346. The van der Waals surface area contributed by atoms with Crippen molar-refractivity contribution in [1.82, 2.24) is 5.32 Å². The third-order valence-electron chi connectivity index (χ3n) is 1.93. The summed E-state index contributed by atoms with van der Waals surface area (Å²) < 4.78 is 13.2. The minimum absolute atomic E-state index is 0.129. The second kappa shape index (κ2) is 4.56. The van der Waals surface area contributed by atoms with Crippen LogP contribution in [-0.4, -0.2) is 13.0 Å². The van der Waals surface area contributed by atoms with Crippen molar-refractivity contribution in [2.24, 2.45) is 0 Å². The molecule has 0 saturated carbocycles. The number of carbonyl (C=O) groups is 1. The van der Waals surface area contributed by atoms with Gasteiger partial charge in [0.1, 0.15) is 5.82 Å². The average molecular weight is 193 g/mol. The first-order valence-electron chi connectivity index (χ1n) is 4.29. The van der Waals surface area contributed by atoms with E-state index in [-0.39, 0.29) is 18.1 Å². The second-order valence-electron chi connectivity index (χ2n) is 2.91. The zero-order valence-corrected chi connectivity index (χ0v) is 8.01. The topological polar surface area (TPSA) is 29.1 Å². The zero-order valence-electron chi connectivity index (χ0n) is 8.01. The van der Waals surface area contributed by atoms with Crippen LogP contribution in [0.15, 0.2) is 24.8 Å². The Labute approximate surface area is 82.4 Å². The predicted octanol–water partition coefficient (Wildman–Crippen LogP) is 1.76. The number of hydrogen-bond donors (Lipinski definition) is 1. The first-order valence-corrected chi connectivity index (χ1v) is 4.29. The fraction of sp³-hybridized carbons (Fsp3) is 0.182. The second-order valence-corrected chi connectivity index (χ2v) is 2.91. The zero-order chi connectivity index (χ0) is 10.6. The van der Waals surface area contributed by atoms with E-state index >= 15 is 0 Å². The molecule has 1 aromatic rings. The number of halogens is 1. The van der Waals surface area contributed by atoms with E-state index in [0.717, 1.165) is 0 Å². The van der Waals surface area contributed by atoms with Gasteiger partial charge in [-0.15, -0.1) is 0 Å². The summed E-state index contributed by atoms with van der Waals surface area (Å²) in [5, 5.41) is 2.48. The predicted molar refractivity (Wildman–Crippen MR) is 54.3 cm³/mol. The Morgan fingerprint density at radius 1 is 1.64 bits per heavy atom. The molecule has 1 rings (SSSR count). The van der Waals surface area contributed by atoms with E-state index in [1.54, 1.807) is 19.2 Å². The molecular formula is C11H12FNO. The lowest BCUT2D eigenvalue weighted by Gasteiger charge is -2.02. The molecule has 0 heterocycles. The van der Waals surface area contributed by atoms with E-state index in [0.29, 0.717) is 11.1 Å². The summed E-state index contributed by atoms with van der Waals surface area (Å²) >= 11 is 0. The van der Waals surface area contributed by atoms with Crippen molar-refractivity contribution in [2.75, 3.05) is 7.05 Å². The summed E-state index contributed by atoms with van der Waals surface area (Å²) in [6, 6.07) is 4.68. The molecule has 0 bridgehead atoms. The number of likely N-dealkylation sites (N-methyl/N-ethyl adjacent to an activating group) is 1. The van der Waals surface area contributed by atoms with E-state index in [4.69, 9.17) is 0 Å². The Balaban J connectivity index is 2.86. The quantitative estimate of drug-likeness (QED) is 0.778. The van der Waals surface area contributed by atoms with Crippen LogP contribution in [0, 0.1) is 5.82 Å². The van der Waals surface area contributed by atoms with Crippen molar-refractivity contribution >= 4 is 12.0 Å². The van der Waals surface area contributed by atoms with Gasteiger partial charge in [0.05, 0.1) is 6.42 Å². The van der Waals surface area contributed by atoms with Crippen molar-refractivity contribution in [1.29, 1.82) is 0 Å². The van der Waals surface area contributed by atoms with Crippen LogP contribution in [0.3, 0.4) is 0 Å². The molecule has 3 heteroatoms. The van der Waals surface area contributed by atoms with E-state index in [1.807, 2.05) is 0 Å². The number of benzene rings is 1. The van der Waals surface area contributed by atoms with E-state index < -0.39 is 0 Å². The SMILES string of the molecule is C=Cc1ccc(CC(=O)NC)cc1F. The summed E-state index contributed by atoms with van der Waals surface area (Å²) in [6.07, 6.45) is 1.64. The van der Waals surface area contributed by atoms with Crippen molar-refractivity contribution in [2.45, 2.75) is 6.42 Å². The number of rotatable bonds is 3. The number of hydrogen-bond acceptors (Lipinski definition) is 1. The smallest absolute Gasteiger partial charge is 0.224 e. The van der Waals surface area contributed by atoms with Gasteiger partial charge in [0.15, 0.2) is 0 Å². The molecule has 0 aliphatic heterocycles. The van der Waals surface area contributed by atoms with Crippen LogP contribution in [-0.2, 0) is 11.2 Å². The van der Waals surface area contributed by atoms with Crippen LogP contribution in [0.25, 0.3) is 6.08 Å². The van der Waals surface area contributed by atoms with Gasteiger partial charge >= 0.3 is 0 Å². The van der Waals surface area contributed by atoms with Gasteiger partial charge in [-0.3, -0.25) is 4.79 Å². The molecule has 1 aromatic carbocycles. The van der Waals surface area contributed by atoms with Crippen LogP contribution in [0.4, 0.5) is 4.39 Å². The monoisotopic (exact) mass is 193 g/mol. The molecule has 14 heavy (non-hydrogen) atoms. The van der Waals surface area contributed by atoms with E-state index in [1.165, 1.54) is 12.1 Å². The van der Waals surface area contributed by atoms with Gasteiger partial charge < -0.3 is 5.32 Å². The lowest BCUT2D eigenvalue weighted by atomic mass is 10.1. The van der Waals surface area contributed by atoms with E-state index in [9.17, 15) is 9.18 Å². The molecular weight excluding hydrogens is 181 g/mol. The maximum atomic E-state index is 13.2. The highest BCUT2D eigenvalue weighted by Crippen LogP contribution is 2.11. The molecule has 0 atom stereocenters. The summed E-state index contributed by atoms with van der Waals surface area (Å²) in [6.45, 7) is 3.48. The minimum Gasteiger partial charge on any atom is -0.359 e. The van der Waals surface area contributed by atoms with Crippen LogP contribution in [0.5, 0.6) is 0 Å². The first kappa shape index (κ1) is 10.4. The average Bonchev–Trinajstić information content (AvgIpc) is 2.18. The lowest BCUT2D eigenvalue weighted by Crippen LogP contribution is -2.19. The molecule has 0 aliphatic carbocycles. The van der Waals surface area contributed by atoms with Crippen LogP contribution in [0.1, 0.15) is 11.1 Å². The summed E-state index contributed by atoms with van der Waals surface area (Å²) in [4.78, 5) is 11.0. The maximum Gasteiger partial charge on any atom is 0.224 e. The fourth-order valence-corrected chi connectivity index (χ4v) is 1.12. The number of carbonyl (C=O) groups excluding carboxylic acids is 1. The fourth-order valence-electron chi connectivity index (χ4n) is 1.12. The molecule has 2 nitrogen and oxygen atoms in total. The Kier molecular flexibility index (Phi) is 3.40. The Bertz CT molecular complexity index is 360. The van der Waals surface area contributed by atoms with E-state index in [2.05, 4.69) is 11.9 Å². The number of nitrogens with one attached hydrogen (secondary N) is 1. The van der Waals surface area contributed by atoms with Crippen LogP contribution < -0.4 is 5.32 Å². The molecule has 0 saturated heterocycles. The number of amides is 1. The molecule has 0 unspecified atom stereocenters. The first-order chi connectivity index (χ1) is 6.67. The Morgan fingerprint density at radius 2 is 2.36 bits per heavy atom. The van der Waals surface area contributed by atoms with Crippen LogP contribution >= 0.6 is 0 Å². The molecule has 74 valence electrons. The van der Waals surface area contributed by atoms with Crippen molar-refractivity contribution in [3.05, 3.63) is 41.7 Å². The normalized spacial score (nSPS) is 9.57. The van der Waals surface area contributed by atoms with Crippen LogP contribution in [0.2, 0.25) is 0 Å². The van der Waals surface area contributed by atoms with Gasteiger partial charge in [-0.1, -0.05) is 24.8 Å². The van der Waals surface area contributed by atoms with Gasteiger partial charge in [-0.2, -0.15) is 0 Å². The summed E-state index contributed by atoms with van der Waals surface area (Å²) in [7, 11) is 1.55. The molecule has 1 N–H and O–H groups in total. The molecule has 0 aromatic heterocycles. The molecule has 0 radical (unpaired) electrons. The molecule has 0 spiro atoms. The summed E-state index contributed by atoms with van der Waals surface area (Å²) in [5.41, 5.74) is 1.11. The van der Waals surface area contributed by atoms with Crippen molar-refractivity contribution in [3.8, 4) is 0 Å².